The van der Waals surface area contributed by atoms with Crippen molar-refractivity contribution in [3.8, 4) is 0 Å². The highest BCUT2D eigenvalue weighted by atomic mass is 32.1. The summed E-state index contributed by atoms with van der Waals surface area (Å²) in [5.74, 6) is 2.08. The van der Waals surface area contributed by atoms with E-state index in [9.17, 15) is 20.1 Å². The third-order valence-corrected chi connectivity index (χ3v) is 12.8. The van der Waals surface area contributed by atoms with Crippen LogP contribution in [-0.4, -0.2) is 39.5 Å². The van der Waals surface area contributed by atoms with E-state index in [1.807, 2.05) is 0 Å². The number of amides is 1. The number of aliphatic hydroxyl groups excluding tert-OH is 3. The maximum absolute atomic E-state index is 13.2. The average Bonchev–Trinajstić information content (AvgIpc) is 3.49. The van der Waals surface area contributed by atoms with E-state index in [2.05, 4.69) is 57.4 Å². The molecule has 37 heavy (non-hydrogen) atoms. The topological polar surface area (TPSA) is 89.8 Å². The average molecular weight is 532 g/mol. The summed E-state index contributed by atoms with van der Waals surface area (Å²) in [5, 5.41) is 38.5. The van der Waals surface area contributed by atoms with E-state index in [0.29, 0.717) is 36.5 Å². The van der Waals surface area contributed by atoms with Crippen LogP contribution in [-0.2, 0) is 4.79 Å². The normalized spacial score (nSPS) is 45.0. The van der Waals surface area contributed by atoms with Crippen LogP contribution in [0.15, 0.2) is 17.5 Å². The molecule has 4 aliphatic carbocycles. The summed E-state index contributed by atoms with van der Waals surface area (Å²) in [7, 11) is 0. The van der Waals surface area contributed by atoms with Gasteiger partial charge in [-0.2, -0.15) is 0 Å². The molecule has 0 aliphatic heterocycles. The molecule has 0 saturated heterocycles. The summed E-state index contributed by atoms with van der Waals surface area (Å²) in [6.07, 6.45) is 5.45. The van der Waals surface area contributed by atoms with Crippen LogP contribution in [0.4, 0.5) is 0 Å². The first kappa shape index (κ1) is 27.6. The van der Waals surface area contributed by atoms with Gasteiger partial charge in [-0.15, -0.1) is 11.3 Å². The Labute approximate surface area is 227 Å². The summed E-state index contributed by atoms with van der Waals surface area (Å²) in [6, 6.07) is 4.22. The Morgan fingerprint density at radius 3 is 2.38 bits per heavy atom. The number of thiophene rings is 1. The van der Waals surface area contributed by atoms with Crippen molar-refractivity contribution < 1.29 is 20.1 Å². The Kier molecular flexibility index (Phi) is 7.63. The molecule has 5 unspecified atom stereocenters. The molecule has 5 nitrogen and oxygen atoms in total. The standard InChI is InChI=1S/C31H49NO4S/c1-17(2)27(24-7-6-14-37-24)32-25(34)15-18(3)20-8-9-21-26-22(11-13-30(20,21)4)31(5)12-10-19(33)16-23(31)28(35)29(26)36/h6-7,14,17-23,26-29,33,35-36H,8-13,15-16H2,1-5H3,(H,32,34)/t18-,19-,20?,21+,22+,23?,26?,27+,28-,29+,30?,31?/m1/s1. The minimum Gasteiger partial charge on any atom is -0.393 e. The van der Waals surface area contributed by atoms with Crippen LogP contribution < -0.4 is 5.32 Å². The molecule has 6 heteroatoms. The predicted molar refractivity (Wildman–Crippen MR) is 148 cm³/mol. The van der Waals surface area contributed by atoms with E-state index in [-0.39, 0.29) is 46.6 Å². The Morgan fingerprint density at radius 1 is 1.00 bits per heavy atom. The molecule has 1 aromatic heterocycles. The Balaban J connectivity index is 1.30. The zero-order valence-corrected chi connectivity index (χ0v) is 24.2. The molecule has 0 aromatic carbocycles. The fourth-order valence-corrected chi connectivity index (χ4v) is 10.9. The smallest absolute Gasteiger partial charge is 0.220 e. The third-order valence-electron chi connectivity index (χ3n) is 11.8. The van der Waals surface area contributed by atoms with Crippen LogP contribution in [0.5, 0.6) is 0 Å². The lowest BCUT2D eigenvalue weighted by Crippen LogP contribution is -2.64. The van der Waals surface area contributed by atoms with Gasteiger partial charge >= 0.3 is 0 Å². The van der Waals surface area contributed by atoms with Crippen molar-refractivity contribution >= 4 is 17.2 Å². The van der Waals surface area contributed by atoms with Gasteiger partial charge in [-0.3, -0.25) is 4.79 Å². The molecule has 208 valence electrons. The Bertz CT molecular complexity index is 951. The fraction of sp³-hybridized carbons (Fsp3) is 0.839. The lowest BCUT2D eigenvalue weighted by molar-refractivity contribution is -0.223. The summed E-state index contributed by atoms with van der Waals surface area (Å²) >= 11 is 1.71. The van der Waals surface area contributed by atoms with Crippen molar-refractivity contribution in [2.45, 2.75) is 110 Å². The SMILES string of the molecule is CC(C)[C@H](NC(=O)C[C@@H](C)C1CC[C@H]2C3[C@H](O)[C@H](O)C4C[C@H](O)CCC4(C)[C@H]3CCC12C)c1cccs1. The van der Waals surface area contributed by atoms with Gasteiger partial charge in [0, 0.05) is 11.3 Å². The minimum atomic E-state index is -0.754. The molecule has 4 N–H and O–H groups in total. The summed E-state index contributed by atoms with van der Waals surface area (Å²) in [6.45, 7) is 11.3. The van der Waals surface area contributed by atoms with Crippen molar-refractivity contribution in [3.05, 3.63) is 22.4 Å². The molecule has 0 bridgehead atoms. The van der Waals surface area contributed by atoms with Gasteiger partial charge in [0.15, 0.2) is 0 Å². The molecule has 0 radical (unpaired) electrons. The van der Waals surface area contributed by atoms with Gasteiger partial charge in [0.25, 0.3) is 0 Å². The minimum absolute atomic E-state index is 0.0128. The Morgan fingerprint density at radius 2 is 1.70 bits per heavy atom. The number of carbonyl (C=O) groups excluding carboxylic acids is 1. The maximum atomic E-state index is 13.2. The molecule has 1 heterocycles. The van der Waals surface area contributed by atoms with Crippen LogP contribution in [0.1, 0.15) is 96.9 Å². The van der Waals surface area contributed by atoms with Crippen molar-refractivity contribution in [1.29, 1.82) is 0 Å². The van der Waals surface area contributed by atoms with Gasteiger partial charge < -0.3 is 20.6 Å². The largest absolute Gasteiger partial charge is 0.393 e. The molecule has 12 atom stereocenters. The van der Waals surface area contributed by atoms with Crippen LogP contribution in [0.3, 0.4) is 0 Å². The van der Waals surface area contributed by atoms with E-state index in [4.69, 9.17) is 0 Å². The number of nitrogens with one attached hydrogen (secondary N) is 1. The summed E-state index contributed by atoms with van der Waals surface area (Å²) in [5.41, 5.74) is 0.0747. The second-order valence-corrected chi connectivity index (χ2v) is 15.0. The number of aliphatic hydroxyl groups is 3. The van der Waals surface area contributed by atoms with E-state index < -0.39 is 12.2 Å². The lowest BCUT2D eigenvalue weighted by atomic mass is 9.43. The molecular weight excluding hydrogens is 482 g/mol. The van der Waals surface area contributed by atoms with Gasteiger partial charge in [-0.25, -0.2) is 0 Å². The van der Waals surface area contributed by atoms with Gasteiger partial charge in [-0.05, 0) is 109 Å². The molecule has 4 saturated carbocycles. The first-order valence-electron chi connectivity index (χ1n) is 14.8. The number of carbonyl (C=O) groups is 1. The monoisotopic (exact) mass is 531 g/mol. The summed E-state index contributed by atoms with van der Waals surface area (Å²) in [4.78, 5) is 14.5. The molecule has 0 spiro atoms. The predicted octanol–water partition coefficient (Wildman–Crippen LogP) is 5.55. The number of hydrogen-bond acceptors (Lipinski definition) is 5. The van der Waals surface area contributed by atoms with Crippen LogP contribution >= 0.6 is 11.3 Å². The van der Waals surface area contributed by atoms with Gasteiger partial charge in [0.1, 0.15) is 0 Å². The lowest BCUT2D eigenvalue weighted by Gasteiger charge is -2.63. The van der Waals surface area contributed by atoms with Crippen molar-refractivity contribution in [2.75, 3.05) is 0 Å². The van der Waals surface area contributed by atoms with Crippen molar-refractivity contribution in [1.82, 2.24) is 5.32 Å². The maximum Gasteiger partial charge on any atom is 0.220 e. The molecule has 5 rings (SSSR count). The quantitative estimate of drug-likeness (QED) is 0.388. The zero-order valence-electron chi connectivity index (χ0n) is 23.4. The fourth-order valence-electron chi connectivity index (χ4n) is 9.92. The second kappa shape index (κ2) is 10.2. The molecule has 4 fully saturated rings. The van der Waals surface area contributed by atoms with E-state index in [1.54, 1.807) is 11.3 Å². The van der Waals surface area contributed by atoms with Crippen molar-refractivity contribution in [3.63, 3.8) is 0 Å². The third kappa shape index (κ3) is 4.62. The van der Waals surface area contributed by atoms with Crippen LogP contribution in [0.2, 0.25) is 0 Å². The highest BCUT2D eigenvalue weighted by molar-refractivity contribution is 7.10. The van der Waals surface area contributed by atoms with Crippen molar-refractivity contribution in [2.24, 2.45) is 52.3 Å². The molecule has 1 aromatic rings. The second-order valence-electron chi connectivity index (χ2n) is 14.0. The highest BCUT2D eigenvalue weighted by Crippen LogP contribution is 2.68. The van der Waals surface area contributed by atoms with Gasteiger partial charge in [0.2, 0.25) is 5.91 Å². The van der Waals surface area contributed by atoms with E-state index >= 15 is 0 Å². The van der Waals surface area contributed by atoms with Crippen LogP contribution in [0, 0.1) is 52.3 Å². The molecular formula is C31H49NO4S. The zero-order chi connectivity index (χ0) is 26.7. The highest BCUT2D eigenvalue weighted by Gasteiger charge is 2.65. The molecule has 1 amide bonds. The first-order valence-corrected chi connectivity index (χ1v) is 15.7. The number of rotatable bonds is 6. The van der Waals surface area contributed by atoms with E-state index in [1.165, 1.54) is 4.88 Å². The van der Waals surface area contributed by atoms with E-state index in [0.717, 1.165) is 38.5 Å². The number of hydrogen-bond donors (Lipinski definition) is 4. The summed E-state index contributed by atoms with van der Waals surface area (Å²) < 4.78 is 0. The number of fused-ring (bicyclic) bond motifs is 5. The Hall–Kier alpha value is -0.950. The first-order chi connectivity index (χ1) is 17.5. The van der Waals surface area contributed by atoms with Crippen LogP contribution in [0.25, 0.3) is 0 Å². The molecule has 4 aliphatic rings. The van der Waals surface area contributed by atoms with Gasteiger partial charge in [-0.1, -0.05) is 40.7 Å². The van der Waals surface area contributed by atoms with Gasteiger partial charge in [0.05, 0.1) is 24.4 Å².